The molecule has 31 heavy (non-hydrogen) atoms. The first-order valence-electron chi connectivity index (χ1n) is 9.42. The van der Waals surface area contributed by atoms with Crippen molar-refractivity contribution in [1.82, 2.24) is 15.0 Å². The van der Waals surface area contributed by atoms with Gasteiger partial charge in [0.05, 0.1) is 19.9 Å². The third kappa shape index (κ3) is 4.74. The number of aromatic nitrogens is 3. The van der Waals surface area contributed by atoms with E-state index in [2.05, 4.69) is 20.9 Å². The predicted molar refractivity (Wildman–Crippen MR) is 116 cm³/mol. The number of nitrogens with two attached hydrogens (primary N) is 1. The van der Waals surface area contributed by atoms with Gasteiger partial charge in [0, 0.05) is 11.8 Å². The van der Waals surface area contributed by atoms with Gasteiger partial charge in [-0.3, -0.25) is 9.59 Å². The van der Waals surface area contributed by atoms with E-state index in [0.29, 0.717) is 22.9 Å². The normalized spacial score (nSPS) is 10.5. The molecule has 0 atom stereocenters. The number of aryl methyl sites for hydroxylation is 1. The van der Waals surface area contributed by atoms with Gasteiger partial charge in [0.15, 0.2) is 11.5 Å². The second kappa shape index (κ2) is 9.16. The van der Waals surface area contributed by atoms with Gasteiger partial charge in [0.25, 0.3) is 5.91 Å². The van der Waals surface area contributed by atoms with Crippen molar-refractivity contribution in [3.05, 3.63) is 53.2 Å². The van der Waals surface area contributed by atoms with Crippen LogP contribution in [0.2, 0.25) is 0 Å². The van der Waals surface area contributed by atoms with E-state index < -0.39 is 5.91 Å². The van der Waals surface area contributed by atoms with Crippen LogP contribution in [0.25, 0.3) is 0 Å². The summed E-state index contributed by atoms with van der Waals surface area (Å²) in [5.41, 5.74) is 9.03. The minimum Gasteiger partial charge on any atom is -0.497 e. The summed E-state index contributed by atoms with van der Waals surface area (Å²) < 4.78 is 11.6. The molecule has 0 radical (unpaired) electrons. The Labute approximate surface area is 179 Å². The lowest BCUT2D eigenvalue weighted by molar-refractivity contribution is -0.116. The SMILES string of the molecule is COc1ccc(OC)c(NC(=O)c2nnn(CC(=O)Nc3cccc(C)c3C)c2N)c1. The number of carbonyl (C=O) groups excluding carboxylic acids is 2. The maximum absolute atomic E-state index is 12.7. The van der Waals surface area contributed by atoms with E-state index >= 15 is 0 Å². The summed E-state index contributed by atoms with van der Waals surface area (Å²) in [5, 5.41) is 13.2. The molecule has 0 fully saturated rings. The van der Waals surface area contributed by atoms with Gasteiger partial charge in [-0.25, -0.2) is 4.68 Å². The Morgan fingerprint density at radius 2 is 1.84 bits per heavy atom. The summed E-state index contributed by atoms with van der Waals surface area (Å²) in [7, 11) is 3.00. The highest BCUT2D eigenvalue weighted by Crippen LogP contribution is 2.29. The highest BCUT2D eigenvalue weighted by atomic mass is 16.5. The van der Waals surface area contributed by atoms with Crippen LogP contribution < -0.4 is 25.8 Å². The summed E-state index contributed by atoms with van der Waals surface area (Å²) in [5.74, 6) is 0.0105. The molecule has 0 aliphatic rings. The monoisotopic (exact) mass is 424 g/mol. The second-order valence-corrected chi connectivity index (χ2v) is 6.80. The minimum absolute atomic E-state index is 0.0320. The Hall–Kier alpha value is -4.08. The highest BCUT2D eigenvalue weighted by Gasteiger charge is 2.20. The molecule has 4 N–H and O–H groups in total. The number of rotatable bonds is 7. The van der Waals surface area contributed by atoms with Crippen molar-refractivity contribution >= 4 is 29.0 Å². The van der Waals surface area contributed by atoms with Gasteiger partial charge >= 0.3 is 0 Å². The van der Waals surface area contributed by atoms with Crippen LogP contribution in [0, 0.1) is 13.8 Å². The number of hydrogen-bond donors (Lipinski definition) is 3. The molecule has 1 heterocycles. The molecule has 0 aliphatic heterocycles. The second-order valence-electron chi connectivity index (χ2n) is 6.80. The van der Waals surface area contributed by atoms with Crippen LogP contribution in [0.15, 0.2) is 36.4 Å². The van der Waals surface area contributed by atoms with Crippen molar-refractivity contribution in [3.63, 3.8) is 0 Å². The summed E-state index contributed by atoms with van der Waals surface area (Å²) in [4.78, 5) is 25.1. The number of hydrogen-bond acceptors (Lipinski definition) is 7. The average molecular weight is 424 g/mol. The van der Waals surface area contributed by atoms with Gasteiger partial charge in [-0.15, -0.1) is 5.10 Å². The van der Waals surface area contributed by atoms with Crippen LogP contribution in [0.4, 0.5) is 17.2 Å². The third-order valence-electron chi connectivity index (χ3n) is 4.82. The first-order valence-corrected chi connectivity index (χ1v) is 9.42. The van der Waals surface area contributed by atoms with E-state index in [0.717, 1.165) is 15.8 Å². The molecule has 1 aromatic heterocycles. The molecular weight excluding hydrogens is 400 g/mol. The number of amides is 2. The average Bonchev–Trinajstić information content (AvgIpc) is 3.11. The van der Waals surface area contributed by atoms with E-state index in [9.17, 15) is 9.59 Å². The predicted octanol–water partition coefficient (Wildman–Crippen LogP) is 2.39. The Balaban J connectivity index is 1.73. The summed E-state index contributed by atoms with van der Waals surface area (Å²) >= 11 is 0. The van der Waals surface area contributed by atoms with Crippen LogP contribution in [-0.4, -0.2) is 41.0 Å². The van der Waals surface area contributed by atoms with Crippen molar-refractivity contribution in [3.8, 4) is 11.5 Å². The van der Waals surface area contributed by atoms with Crippen LogP contribution in [-0.2, 0) is 11.3 Å². The number of methoxy groups -OCH3 is 2. The first kappa shape index (κ1) is 21.6. The number of ether oxygens (including phenoxy) is 2. The highest BCUT2D eigenvalue weighted by molar-refractivity contribution is 6.06. The van der Waals surface area contributed by atoms with E-state index in [1.807, 2.05) is 32.0 Å². The fourth-order valence-electron chi connectivity index (χ4n) is 2.90. The van der Waals surface area contributed by atoms with E-state index in [4.69, 9.17) is 15.2 Å². The quantitative estimate of drug-likeness (QED) is 0.530. The molecule has 2 amide bonds. The van der Waals surface area contributed by atoms with Crippen molar-refractivity contribution in [2.24, 2.45) is 0 Å². The van der Waals surface area contributed by atoms with Crippen LogP contribution in [0.3, 0.4) is 0 Å². The maximum atomic E-state index is 12.7. The molecular formula is C21H24N6O4. The van der Waals surface area contributed by atoms with Crippen LogP contribution in [0.1, 0.15) is 21.6 Å². The van der Waals surface area contributed by atoms with Gasteiger partial charge in [-0.1, -0.05) is 17.3 Å². The summed E-state index contributed by atoms with van der Waals surface area (Å²) in [6, 6.07) is 10.6. The molecule has 0 aliphatic carbocycles. The number of nitrogens with zero attached hydrogens (tertiary/aromatic N) is 3. The number of nitrogens with one attached hydrogen (secondary N) is 2. The van der Waals surface area contributed by atoms with E-state index in [-0.39, 0.29) is 24.0 Å². The fraction of sp³-hybridized carbons (Fsp3) is 0.238. The fourth-order valence-corrected chi connectivity index (χ4v) is 2.90. The lowest BCUT2D eigenvalue weighted by Crippen LogP contribution is -2.22. The number of benzene rings is 2. The number of anilines is 3. The first-order chi connectivity index (χ1) is 14.8. The molecule has 162 valence electrons. The Kier molecular flexibility index (Phi) is 6.39. The number of carbonyl (C=O) groups is 2. The Bertz CT molecular complexity index is 1130. The van der Waals surface area contributed by atoms with Gasteiger partial charge in [-0.05, 0) is 43.2 Å². The summed E-state index contributed by atoms with van der Waals surface area (Å²) in [6.45, 7) is 3.69. The van der Waals surface area contributed by atoms with Crippen molar-refractivity contribution < 1.29 is 19.1 Å². The van der Waals surface area contributed by atoms with Crippen LogP contribution >= 0.6 is 0 Å². The zero-order valence-electron chi connectivity index (χ0n) is 17.7. The van der Waals surface area contributed by atoms with Gasteiger partial charge < -0.3 is 25.8 Å². The molecule has 3 aromatic rings. The largest absolute Gasteiger partial charge is 0.497 e. The molecule has 10 nitrogen and oxygen atoms in total. The minimum atomic E-state index is -0.592. The summed E-state index contributed by atoms with van der Waals surface area (Å²) in [6.07, 6.45) is 0. The molecule has 2 aromatic carbocycles. The third-order valence-corrected chi connectivity index (χ3v) is 4.82. The lowest BCUT2D eigenvalue weighted by Gasteiger charge is -2.11. The van der Waals surface area contributed by atoms with Gasteiger partial charge in [0.2, 0.25) is 5.91 Å². The zero-order chi connectivity index (χ0) is 22.5. The molecule has 3 rings (SSSR count). The Morgan fingerprint density at radius 3 is 2.55 bits per heavy atom. The molecule has 0 saturated carbocycles. The topological polar surface area (TPSA) is 133 Å². The lowest BCUT2D eigenvalue weighted by atomic mass is 10.1. The van der Waals surface area contributed by atoms with Crippen molar-refractivity contribution in [2.45, 2.75) is 20.4 Å². The van der Waals surface area contributed by atoms with Crippen molar-refractivity contribution in [1.29, 1.82) is 0 Å². The zero-order valence-corrected chi connectivity index (χ0v) is 17.7. The van der Waals surface area contributed by atoms with Crippen LogP contribution in [0.5, 0.6) is 11.5 Å². The van der Waals surface area contributed by atoms with Gasteiger partial charge in [0.1, 0.15) is 18.0 Å². The van der Waals surface area contributed by atoms with Gasteiger partial charge in [-0.2, -0.15) is 0 Å². The molecule has 0 unspecified atom stereocenters. The Morgan fingerprint density at radius 1 is 1.06 bits per heavy atom. The van der Waals surface area contributed by atoms with E-state index in [1.54, 1.807) is 18.2 Å². The van der Waals surface area contributed by atoms with Crippen molar-refractivity contribution in [2.75, 3.05) is 30.6 Å². The molecule has 10 heteroatoms. The van der Waals surface area contributed by atoms with E-state index in [1.165, 1.54) is 14.2 Å². The molecule has 0 saturated heterocycles. The maximum Gasteiger partial charge on any atom is 0.280 e. The number of nitrogen functional groups attached to an aromatic ring is 1. The smallest absolute Gasteiger partial charge is 0.280 e. The molecule has 0 bridgehead atoms. The standard InChI is InChI=1S/C21H24N6O4/c1-12-6-5-7-15(13(12)2)23-18(28)11-27-20(22)19(25-26-27)21(29)24-16-10-14(30-3)8-9-17(16)31-4/h5-10H,11,22H2,1-4H3,(H,23,28)(H,24,29). The molecule has 0 spiro atoms.